The Morgan fingerprint density at radius 2 is 1.60 bits per heavy atom. The molecule has 5 N–H and O–H groups in total. The quantitative estimate of drug-likeness (QED) is 0.516. The second-order valence-corrected chi connectivity index (χ2v) is 8.91. The van der Waals surface area contributed by atoms with Crippen LogP contribution in [-0.2, 0) is 4.79 Å². The fourth-order valence-corrected chi connectivity index (χ4v) is 4.67. The Labute approximate surface area is 181 Å². The number of rotatable bonds is 6. The van der Waals surface area contributed by atoms with E-state index in [1.165, 1.54) is 31.0 Å². The normalized spacial score (nSPS) is 17.9. The van der Waals surface area contributed by atoms with Crippen molar-refractivity contribution in [3.05, 3.63) is 24.3 Å². The van der Waals surface area contributed by atoms with Crippen LogP contribution in [0.4, 0.5) is 15.3 Å². The molecule has 0 radical (unpaired) electrons. The second-order valence-electron chi connectivity index (χ2n) is 7.90. The number of nitrogens with zero attached hydrogens (tertiary/aromatic N) is 1. The Morgan fingerprint density at radius 1 is 0.967 bits per heavy atom. The molecule has 3 rings (SSSR count). The Balaban J connectivity index is 1.43. The first-order valence-corrected chi connectivity index (χ1v) is 11.6. The minimum atomic E-state index is -0.400. The number of hydrogen-bond donors (Lipinski definition) is 4. The molecule has 0 atom stereocenters. The molecule has 1 heterocycles. The van der Waals surface area contributed by atoms with Crippen LogP contribution in [0.15, 0.2) is 29.2 Å². The summed E-state index contributed by atoms with van der Waals surface area (Å²) in [4.78, 5) is 38.5. The average Bonchev–Trinajstić information content (AvgIpc) is 2.74. The number of likely N-dealkylation sites (tertiary alicyclic amines) is 1. The van der Waals surface area contributed by atoms with Crippen LogP contribution in [0.3, 0.4) is 0 Å². The van der Waals surface area contributed by atoms with Gasteiger partial charge in [-0.15, -0.1) is 11.8 Å². The van der Waals surface area contributed by atoms with E-state index in [1.807, 2.05) is 24.3 Å². The molecule has 5 amide bonds. The van der Waals surface area contributed by atoms with Crippen molar-refractivity contribution in [2.45, 2.75) is 61.9 Å². The lowest BCUT2D eigenvalue weighted by Gasteiger charge is -2.33. The summed E-state index contributed by atoms with van der Waals surface area (Å²) in [6.07, 6.45) is 7.20. The molecule has 0 bridgehead atoms. The van der Waals surface area contributed by atoms with E-state index in [2.05, 4.69) is 16.0 Å². The van der Waals surface area contributed by atoms with E-state index in [1.54, 1.807) is 4.90 Å². The van der Waals surface area contributed by atoms with Crippen LogP contribution < -0.4 is 21.7 Å². The highest BCUT2D eigenvalue weighted by molar-refractivity contribution is 8.00. The maximum absolute atomic E-state index is 12.7. The highest BCUT2D eigenvalue weighted by Gasteiger charge is 2.25. The largest absolute Gasteiger partial charge is 0.369 e. The summed E-state index contributed by atoms with van der Waals surface area (Å²) in [5, 5.41) is 9.07. The van der Waals surface area contributed by atoms with Crippen molar-refractivity contribution >= 4 is 35.4 Å². The number of piperidine rings is 1. The van der Waals surface area contributed by atoms with E-state index >= 15 is 0 Å². The number of anilines is 1. The zero-order chi connectivity index (χ0) is 21.3. The van der Waals surface area contributed by atoms with Gasteiger partial charge in [-0.1, -0.05) is 31.4 Å². The molecule has 164 valence electrons. The molecule has 30 heavy (non-hydrogen) atoms. The molecule has 0 unspecified atom stereocenters. The van der Waals surface area contributed by atoms with Crippen molar-refractivity contribution in [2.24, 2.45) is 5.73 Å². The Bertz CT molecular complexity index is 746. The molecule has 2 fully saturated rings. The van der Waals surface area contributed by atoms with Crippen LogP contribution in [0.2, 0.25) is 0 Å². The van der Waals surface area contributed by atoms with Crippen molar-refractivity contribution in [1.29, 1.82) is 0 Å². The first kappa shape index (κ1) is 22.3. The smallest absolute Gasteiger partial charge is 0.321 e. The number of nitrogens with two attached hydrogens (primary N) is 1. The van der Waals surface area contributed by atoms with E-state index in [9.17, 15) is 14.4 Å². The number of amides is 5. The number of hydrogen-bond acceptors (Lipinski definition) is 4. The van der Waals surface area contributed by atoms with Gasteiger partial charge in [-0.3, -0.25) is 4.79 Å². The number of carbonyl (C=O) groups is 3. The predicted molar refractivity (Wildman–Crippen MR) is 119 cm³/mol. The minimum absolute atomic E-state index is 0.0797. The van der Waals surface area contributed by atoms with Gasteiger partial charge in [-0.05, 0) is 37.8 Å². The Kier molecular flexibility index (Phi) is 8.24. The lowest BCUT2D eigenvalue weighted by atomic mass is 9.96. The number of thioether (sulfide) groups is 1. The van der Waals surface area contributed by atoms with Gasteiger partial charge in [0.2, 0.25) is 5.91 Å². The Hall–Kier alpha value is -2.42. The summed E-state index contributed by atoms with van der Waals surface area (Å²) in [5.74, 6) is -0.240. The number of urea groups is 2. The molecule has 0 aromatic heterocycles. The zero-order valence-corrected chi connectivity index (χ0v) is 18.0. The highest BCUT2D eigenvalue weighted by atomic mass is 32.2. The van der Waals surface area contributed by atoms with Gasteiger partial charge in [0, 0.05) is 30.1 Å². The van der Waals surface area contributed by atoms with Gasteiger partial charge in [-0.2, -0.15) is 0 Å². The zero-order valence-electron chi connectivity index (χ0n) is 17.2. The lowest BCUT2D eigenvalue weighted by molar-refractivity contribution is -0.115. The van der Waals surface area contributed by atoms with Crippen LogP contribution >= 0.6 is 11.8 Å². The SMILES string of the molecule is NC(=O)CSc1ccccc1NC(=O)N1CCC(NC(=O)NC2CCCCC2)CC1. The van der Waals surface area contributed by atoms with Crippen LogP contribution in [0.1, 0.15) is 44.9 Å². The van der Waals surface area contributed by atoms with Crippen LogP contribution in [0.25, 0.3) is 0 Å². The van der Waals surface area contributed by atoms with E-state index in [4.69, 9.17) is 5.73 Å². The highest BCUT2D eigenvalue weighted by Crippen LogP contribution is 2.27. The van der Waals surface area contributed by atoms with Gasteiger partial charge in [0.05, 0.1) is 11.4 Å². The molecule has 9 heteroatoms. The van der Waals surface area contributed by atoms with Crippen molar-refractivity contribution in [2.75, 3.05) is 24.2 Å². The van der Waals surface area contributed by atoms with Gasteiger partial charge in [0.1, 0.15) is 0 Å². The van der Waals surface area contributed by atoms with Gasteiger partial charge in [-0.25, -0.2) is 9.59 Å². The molecule has 0 spiro atoms. The third-order valence-electron chi connectivity index (χ3n) is 5.56. The van der Waals surface area contributed by atoms with Crippen LogP contribution in [0, 0.1) is 0 Å². The Morgan fingerprint density at radius 3 is 2.27 bits per heavy atom. The standard InChI is InChI=1S/C21H31N5O3S/c22-19(27)14-30-18-9-5-4-8-17(18)25-21(29)26-12-10-16(11-13-26)24-20(28)23-15-6-2-1-3-7-15/h4-5,8-9,15-16H,1-3,6-7,10-14H2,(H2,22,27)(H,25,29)(H2,23,24,28). The molecule has 1 aliphatic heterocycles. The maximum Gasteiger partial charge on any atom is 0.321 e. The number of nitrogens with one attached hydrogen (secondary N) is 3. The summed E-state index contributed by atoms with van der Waals surface area (Å²) in [6.45, 7) is 1.16. The van der Waals surface area contributed by atoms with E-state index < -0.39 is 5.91 Å². The van der Waals surface area contributed by atoms with Crippen molar-refractivity contribution in [1.82, 2.24) is 15.5 Å². The summed E-state index contributed by atoms with van der Waals surface area (Å²) in [6, 6.07) is 7.46. The van der Waals surface area contributed by atoms with E-state index in [0.717, 1.165) is 30.6 Å². The van der Waals surface area contributed by atoms with E-state index in [0.29, 0.717) is 18.8 Å². The van der Waals surface area contributed by atoms with Gasteiger partial charge < -0.3 is 26.6 Å². The fraction of sp³-hybridized carbons (Fsp3) is 0.571. The van der Waals surface area contributed by atoms with Crippen LogP contribution in [0.5, 0.6) is 0 Å². The molecule has 1 aromatic rings. The number of para-hydroxylation sites is 1. The average molecular weight is 434 g/mol. The minimum Gasteiger partial charge on any atom is -0.369 e. The monoisotopic (exact) mass is 433 g/mol. The molecule has 1 aliphatic carbocycles. The first-order valence-electron chi connectivity index (χ1n) is 10.6. The summed E-state index contributed by atoms with van der Waals surface area (Å²) in [7, 11) is 0. The molecular formula is C21H31N5O3S. The summed E-state index contributed by atoms with van der Waals surface area (Å²) >= 11 is 1.30. The van der Waals surface area contributed by atoms with Gasteiger partial charge in [0.25, 0.3) is 0 Å². The van der Waals surface area contributed by atoms with Crippen molar-refractivity contribution in [3.8, 4) is 0 Å². The second kappa shape index (κ2) is 11.1. The number of primary amides is 1. The van der Waals surface area contributed by atoms with E-state index in [-0.39, 0.29) is 29.9 Å². The summed E-state index contributed by atoms with van der Waals surface area (Å²) in [5.41, 5.74) is 5.89. The summed E-state index contributed by atoms with van der Waals surface area (Å²) < 4.78 is 0. The fourth-order valence-electron chi connectivity index (χ4n) is 3.93. The third-order valence-corrected chi connectivity index (χ3v) is 6.65. The van der Waals surface area contributed by atoms with Crippen molar-refractivity contribution in [3.63, 3.8) is 0 Å². The molecule has 2 aliphatic rings. The molecule has 1 aromatic carbocycles. The topological polar surface area (TPSA) is 117 Å². The maximum atomic E-state index is 12.7. The first-order chi connectivity index (χ1) is 14.5. The molecule has 8 nitrogen and oxygen atoms in total. The van der Waals surface area contributed by atoms with Crippen LogP contribution in [-0.4, -0.2) is 53.8 Å². The van der Waals surface area contributed by atoms with Crippen molar-refractivity contribution < 1.29 is 14.4 Å². The molecule has 1 saturated heterocycles. The van der Waals surface area contributed by atoms with Gasteiger partial charge in [0.15, 0.2) is 0 Å². The molecular weight excluding hydrogens is 402 g/mol. The number of benzene rings is 1. The van der Waals surface area contributed by atoms with Gasteiger partial charge >= 0.3 is 12.1 Å². The lowest BCUT2D eigenvalue weighted by Crippen LogP contribution is -2.51. The number of carbonyl (C=O) groups excluding carboxylic acids is 3. The molecule has 1 saturated carbocycles. The predicted octanol–water partition coefficient (Wildman–Crippen LogP) is 2.89. The third kappa shape index (κ3) is 6.83.